The molecule has 3 aromatic rings. The quantitative estimate of drug-likeness (QED) is 0.773. The second-order valence-electron chi connectivity index (χ2n) is 5.18. The highest BCUT2D eigenvalue weighted by Crippen LogP contribution is 2.19. The van der Waals surface area contributed by atoms with Gasteiger partial charge in [0.1, 0.15) is 5.82 Å². The van der Waals surface area contributed by atoms with E-state index in [9.17, 15) is 19.1 Å². The summed E-state index contributed by atoms with van der Waals surface area (Å²) in [6, 6.07) is 12.3. The highest BCUT2D eigenvalue weighted by atomic mass is 19.1. The monoisotopic (exact) mass is 324 g/mol. The lowest BCUT2D eigenvalue weighted by atomic mass is 10.0. The average molecular weight is 324 g/mol. The standard InChI is InChI=1S/C18H13FN2O3/c19-14-6-2-1-5-13(14)16(18(23)24)21-17(22)12-7-8-15-11(10-12)4-3-9-20-15/h1-10,16H,(H,21,22)(H,23,24). The first-order valence-corrected chi connectivity index (χ1v) is 7.19. The highest BCUT2D eigenvalue weighted by molar-refractivity contribution is 5.99. The molecule has 0 fully saturated rings. The van der Waals surface area contributed by atoms with Crippen LogP contribution in [0.15, 0.2) is 60.8 Å². The summed E-state index contributed by atoms with van der Waals surface area (Å²) >= 11 is 0. The van der Waals surface area contributed by atoms with Crippen molar-refractivity contribution >= 4 is 22.8 Å². The van der Waals surface area contributed by atoms with Gasteiger partial charge in [-0.1, -0.05) is 24.3 Å². The smallest absolute Gasteiger partial charge is 0.331 e. The number of aliphatic carboxylic acids is 1. The van der Waals surface area contributed by atoms with Gasteiger partial charge in [0.15, 0.2) is 6.04 Å². The lowest BCUT2D eigenvalue weighted by molar-refractivity contribution is -0.139. The summed E-state index contributed by atoms with van der Waals surface area (Å²) in [4.78, 5) is 28.0. The molecular formula is C18H13FN2O3. The summed E-state index contributed by atoms with van der Waals surface area (Å²) in [7, 11) is 0. The van der Waals surface area contributed by atoms with Crippen LogP contribution < -0.4 is 5.32 Å². The zero-order chi connectivity index (χ0) is 17.1. The molecule has 1 aromatic heterocycles. The van der Waals surface area contributed by atoms with E-state index >= 15 is 0 Å². The van der Waals surface area contributed by atoms with E-state index in [2.05, 4.69) is 10.3 Å². The molecule has 1 atom stereocenters. The minimum Gasteiger partial charge on any atom is -0.479 e. The Balaban J connectivity index is 1.90. The van der Waals surface area contributed by atoms with Crippen LogP contribution in [-0.4, -0.2) is 22.0 Å². The van der Waals surface area contributed by atoms with Crippen LogP contribution in [-0.2, 0) is 4.79 Å². The summed E-state index contributed by atoms with van der Waals surface area (Å²) in [6.07, 6.45) is 1.64. The molecule has 0 bridgehead atoms. The first-order chi connectivity index (χ1) is 11.6. The van der Waals surface area contributed by atoms with E-state index in [-0.39, 0.29) is 11.1 Å². The summed E-state index contributed by atoms with van der Waals surface area (Å²) < 4.78 is 13.8. The number of pyridine rings is 1. The fourth-order valence-electron chi connectivity index (χ4n) is 2.41. The number of carboxylic acid groups (broad SMARTS) is 1. The summed E-state index contributed by atoms with van der Waals surface area (Å²) in [6.45, 7) is 0. The van der Waals surface area contributed by atoms with Crippen LogP contribution in [0.3, 0.4) is 0 Å². The molecule has 6 heteroatoms. The van der Waals surface area contributed by atoms with Crippen molar-refractivity contribution in [3.05, 3.63) is 77.7 Å². The van der Waals surface area contributed by atoms with Crippen LogP contribution in [0, 0.1) is 5.82 Å². The molecule has 1 unspecified atom stereocenters. The lowest BCUT2D eigenvalue weighted by Crippen LogP contribution is -2.34. The third-order valence-corrected chi connectivity index (χ3v) is 3.60. The first-order valence-electron chi connectivity index (χ1n) is 7.19. The third-order valence-electron chi connectivity index (χ3n) is 3.60. The Morgan fingerprint density at radius 2 is 1.88 bits per heavy atom. The molecule has 120 valence electrons. The minimum absolute atomic E-state index is 0.0965. The van der Waals surface area contributed by atoms with Crippen molar-refractivity contribution in [2.45, 2.75) is 6.04 Å². The van der Waals surface area contributed by atoms with Crippen LogP contribution in [0.1, 0.15) is 22.0 Å². The van der Waals surface area contributed by atoms with Crippen LogP contribution in [0.25, 0.3) is 10.9 Å². The third kappa shape index (κ3) is 3.08. The summed E-state index contributed by atoms with van der Waals surface area (Å²) in [5.74, 6) is -2.62. The second kappa shape index (κ2) is 6.45. The van der Waals surface area contributed by atoms with Gasteiger partial charge >= 0.3 is 5.97 Å². The number of nitrogens with zero attached hydrogens (tertiary/aromatic N) is 1. The van der Waals surface area contributed by atoms with Crippen molar-refractivity contribution in [2.24, 2.45) is 0 Å². The molecular weight excluding hydrogens is 311 g/mol. The van der Waals surface area contributed by atoms with Crippen molar-refractivity contribution in [1.82, 2.24) is 10.3 Å². The van der Waals surface area contributed by atoms with E-state index in [1.54, 1.807) is 36.5 Å². The van der Waals surface area contributed by atoms with Crippen molar-refractivity contribution in [3.63, 3.8) is 0 Å². The predicted octanol–water partition coefficient (Wildman–Crippen LogP) is 2.93. The number of halogens is 1. The number of fused-ring (bicyclic) bond motifs is 1. The predicted molar refractivity (Wildman–Crippen MR) is 86.0 cm³/mol. The van der Waals surface area contributed by atoms with Gasteiger partial charge in [0, 0.05) is 22.7 Å². The van der Waals surface area contributed by atoms with E-state index in [1.165, 1.54) is 18.2 Å². The fraction of sp³-hybridized carbons (Fsp3) is 0.0556. The molecule has 1 amide bonds. The molecule has 5 nitrogen and oxygen atoms in total. The van der Waals surface area contributed by atoms with Gasteiger partial charge in [-0.2, -0.15) is 0 Å². The van der Waals surface area contributed by atoms with Crippen LogP contribution in [0.5, 0.6) is 0 Å². The molecule has 0 aliphatic carbocycles. The number of carbonyl (C=O) groups excluding carboxylic acids is 1. The molecule has 2 aromatic carbocycles. The Morgan fingerprint density at radius 1 is 1.08 bits per heavy atom. The van der Waals surface area contributed by atoms with Gasteiger partial charge in [0.05, 0.1) is 5.52 Å². The van der Waals surface area contributed by atoms with Gasteiger partial charge in [0.25, 0.3) is 5.91 Å². The van der Waals surface area contributed by atoms with Gasteiger partial charge in [-0.05, 0) is 30.3 Å². The second-order valence-corrected chi connectivity index (χ2v) is 5.18. The number of benzene rings is 2. The van der Waals surface area contributed by atoms with E-state index in [0.717, 1.165) is 17.0 Å². The Hall–Kier alpha value is -3.28. The maximum Gasteiger partial charge on any atom is 0.331 e. The maximum absolute atomic E-state index is 13.8. The maximum atomic E-state index is 13.8. The Bertz CT molecular complexity index is 927. The highest BCUT2D eigenvalue weighted by Gasteiger charge is 2.25. The first kappa shape index (κ1) is 15.6. The molecule has 1 heterocycles. The number of aromatic nitrogens is 1. The van der Waals surface area contributed by atoms with Crippen molar-refractivity contribution < 1.29 is 19.1 Å². The normalized spacial score (nSPS) is 11.9. The number of carbonyl (C=O) groups is 2. The SMILES string of the molecule is O=C(NC(C(=O)O)c1ccccc1F)c1ccc2ncccc2c1. The minimum atomic E-state index is -1.47. The number of rotatable bonds is 4. The number of nitrogens with one attached hydrogen (secondary N) is 1. The molecule has 0 aliphatic heterocycles. The molecule has 0 saturated heterocycles. The zero-order valence-corrected chi connectivity index (χ0v) is 12.4. The molecule has 0 saturated carbocycles. The van der Waals surface area contributed by atoms with E-state index in [1.807, 2.05) is 0 Å². The van der Waals surface area contributed by atoms with Gasteiger partial charge in [-0.3, -0.25) is 9.78 Å². The average Bonchev–Trinajstić information content (AvgIpc) is 2.59. The number of hydrogen-bond acceptors (Lipinski definition) is 3. The zero-order valence-electron chi connectivity index (χ0n) is 12.4. The molecule has 24 heavy (non-hydrogen) atoms. The topological polar surface area (TPSA) is 79.3 Å². The van der Waals surface area contributed by atoms with E-state index < -0.39 is 23.7 Å². The van der Waals surface area contributed by atoms with Gasteiger partial charge < -0.3 is 10.4 Å². The Kier molecular flexibility index (Phi) is 4.20. The lowest BCUT2D eigenvalue weighted by Gasteiger charge is -2.15. The Morgan fingerprint density at radius 3 is 2.62 bits per heavy atom. The van der Waals surface area contributed by atoms with Crippen molar-refractivity contribution in [2.75, 3.05) is 0 Å². The summed E-state index contributed by atoms with van der Waals surface area (Å²) in [5.41, 5.74) is 0.900. The molecule has 0 radical (unpaired) electrons. The molecule has 3 rings (SSSR count). The van der Waals surface area contributed by atoms with E-state index in [0.29, 0.717) is 0 Å². The van der Waals surface area contributed by atoms with Crippen LogP contribution in [0.2, 0.25) is 0 Å². The Labute approximate surface area is 136 Å². The number of carboxylic acids is 1. The van der Waals surface area contributed by atoms with Crippen molar-refractivity contribution in [3.8, 4) is 0 Å². The van der Waals surface area contributed by atoms with Crippen molar-refractivity contribution in [1.29, 1.82) is 0 Å². The molecule has 2 N–H and O–H groups in total. The summed E-state index contributed by atoms with van der Waals surface area (Å²) in [5, 5.41) is 12.4. The molecule has 0 aliphatic rings. The fourth-order valence-corrected chi connectivity index (χ4v) is 2.41. The van der Waals surface area contributed by atoms with E-state index in [4.69, 9.17) is 0 Å². The molecule has 0 spiro atoms. The van der Waals surface area contributed by atoms with Crippen LogP contribution in [0.4, 0.5) is 4.39 Å². The van der Waals surface area contributed by atoms with Gasteiger partial charge in [0.2, 0.25) is 0 Å². The van der Waals surface area contributed by atoms with Gasteiger partial charge in [-0.25, -0.2) is 9.18 Å². The largest absolute Gasteiger partial charge is 0.479 e. The van der Waals surface area contributed by atoms with Gasteiger partial charge in [-0.15, -0.1) is 0 Å². The van der Waals surface area contributed by atoms with Crippen LogP contribution >= 0.6 is 0 Å². The number of hydrogen-bond donors (Lipinski definition) is 2. The number of amides is 1.